The molecular weight excluding hydrogens is 312 g/mol. The van der Waals surface area contributed by atoms with Crippen LogP contribution in [0.25, 0.3) is 0 Å². The molecule has 0 saturated heterocycles. The van der Waals surface area contributed by atoms with E-state index in [1.54, 1.807) is 6.20 Å². The number of pyridine rings is 1. The summed E-state index contributed by atoms with van der Waals surface area (Å²) in [7, 11) is 0. The molecule has 0 bridgehead atoms. The number of rotatable bonds is 4. The molecule has 0 saturated carbocycles. The van der Waals surface area contributed by atoms with Crippen molar-refractivity contribution >= 4 is 22.0 Å². The van der Waals surface area contributed by atoms with Crippen LogP contribution >= 0.6 is 15.9 Å². The second-order valence-electron chi connectivity index (χ2n) is 4.91. The van der Waals surface area contributed by atoms with Crippen molar-refractivity contribution in [2.75, 3.05) is 6.61 Å². The van der Waals surface area contributed by atoms with Gasteiger partial charge in [-0.3, -0.25) is 0 Å². The van der Waals surface area contributed by atoms with Crippen LogP contribution < -0.4 is 10.1 Å². The fourth-order valence-electron chi connectivity index (χ4n) is 1.34. The Morgan fingerprint density at radius 3 is 2.74 bits per heavy atom. The zero-order valence-corrected chi connectivity index (χ0v) is 13.2. The maximum atomic E-state index is 11.6. The first-order valence-corrected chi connectivity index (χ1v) is 6.85. The molecule has 5 nitrogen and oxygen atoms in total. The number of hydrogen-bond acceptors (Lipinski definition) is 4. The van der Waals surface area contributed by atoms with Crippen molar-refractivity contribution < 1.29 is 14.3 Å². The number of nitrogens with zero attached hydrogens (tertiary/aromatic N) is 1. The van der Waals surface area contributed by atoms with Crippen molar-refractivity contribution in [1.29, 1.82) is 0 Å². The molecule has 0 aliphatic carbocycles. The summed E-state index contributed by atoms with van der Waals surface area (Å²) in [6.07, 6.45) is 1.19. The Morgan fingerprint density at radius 1 is 1.47 bits per heavy atom. The van der Waals surface area contributed by atoms with Crippen LogP contribution in [-0.2, 0) is 11.3 Å². The van der Waals surface area contributed by atoms with Gasteiger partial charge in [0.25, 0.3) is 0 Å². The smallest absolute Gasteiger partial charge is 0.407 e. The lowest BCUT2D eigenvalue weighted by Crippen LogP contribution is -2.32. The summed E-state index contributed by atoms with van der Waals surface area (Å²) in [6, 6.07) is 1.86. The van der Waals surface area contributed by atoms with E-state index in [-0.39, 0.29) is 0 Å². The zero-order chi connectivity index (χ0) is 14.5. The van der Waals surface area contributed by atoms with Gasteiger partial charge in [0.05, 0.1) is 13.2 Å². The lowest BCUT2D eigenvalue weighted by Gasteiger charge is -2.20. The molecule has 0 radical (unpaired) electrons. The van der Waals surface area contributed by atoms with Gasteiger partial charge in [-0.1, -0.05) is 0 Å². The van der Waals surface area contributed by atoms with E-state index in [1.807, 2.05) is 33.8 Å². The fraction of sp³-hybridized carbons (Fsp3) is 0.538. The van der Waals surface area contributed by atoms with Crippen LogP contribution in [-0.4, -0.2) is 23.3 Å². The van der Waals surface area contributed by atoms with Gasteiger partial charge in [-0.05, 0) is 49.7 Å². The molecule has 106 valence electrons. The number of carbonyl (C=O) groups is 1. The van der Waals surface area contributed by atoms with Crippen molar-refractivity contribution in [1.82, 2.24) is 10.3 Å². The Balaban J connectivity index is 2.66. The molecule has 0 aliphatic heterocycles. The second-order valence-corrected chi connectivity index (χ2v) is 5.82. The summed E-state index contributed by atoms with van der Waals surface area (Å²) in [5.41, 5.74) is 0.282. The van der Waals surface area contributed by atoms with Crippen LogP contribution in [0.15, 0.2) is 16.7 Å². The minimum atomic E-state index is -0.512. The van der Waals surface area contributed by atoms with Gasteiger partial charge in [-0.25, -0.2) is 9.78 Å². The molecule has 1 N–H and O–H groups in total. The predicted octanol–water partition coefficient (Wildman–Crippen LogP) is 3.27. The van der Waals surface area contributed by atoms with Crippen LogP contribution in [0.1, 0.15) is 33.3 Å². The largest absolute Gasteiger partial charge is 0.478 e. The third-order valence-corrected chi connectivity index (χ3v) is 2.43. The van der Waals surface area contributed by atoms with Gasteiger partial charge in [-0.2, -0.15) is 0 Å². The number of amides is 1. The van der Waals surface area contributed by atoms with E-state index in [0.717, 1.165) is 10.0 Å². The SMILES string of the molecule is CCOc1ncc(Br)cc1CNC(=O)OC(C)(C)C. The Kier molecular flexibility index (Phi) is 5.60. The molecule has 0 unspecified atom stereocenters. The first-order valence-electron chi connectivity index (χ1n) is 6.06. The van der Waals surface area contributed by atoms with Crippen molar-refractivity contribution in [2.45, 2.75) is 39.8 Å². The number of hydrogen-bond donors (Lipinski definition) is 1. The van der Waals surface area contributed by atoms with E-state index in [1.165, 1.54) is 0 Å². The maximum Gasteiger partial charge on any atom is 0.407 e. The third-order valence-electron chi connectivity index (χ3n) is 2.00. The van der Waals surface area contributed by atoms with E-state index >= 15 is 0 Å². The molecule has 0 spiro atoms. The molecule has 0 atom stereocenters. The average Bonchev–Trinajstić information content (AvgIpc) is 2.27. The topological polar surface area (TPSA) is 60.5 Å². The van der Waals surface area contributed by atoms with Gasteiger partial charge < -0.3 is 14.8 Å². The van der Waals surface area contributed by atoms with Gasteiger partial charge in [0.2, 0.25) is 5.88 Å². The normalized spacial score (nSPS) is 11.0. The molecule has 0 aliphatic rings. The summed E-state index contributed by atoms with van der Waals surface area (Å²) in [5.74, 6) is 0.516. The van der Waals surface area contributed by atoms with Crippen LogP contribution in [0, 0.1) is 0 Å². The molecule has 1 amide bonds. The second kappa shape index (κ2) is 6.75. The monoisotopic (exact) mass is 330 g/mol. The minimum Gasteiger partial charge on any atom is -0.478 e. The van der Waals surface area contributed by atoms with E-state index in [9.17, 15) is 4.79 Å². The zero-order valence-electron chi connectivity index (χ0n) is 11.6. The Morgan fingerprint density at radius 2 is 2.16 bits per heavy atom. The highest BCUT2D eigenvalue weighted by atomic mass is 79.9. The third kappa shape index (κ3) is 5.92. The predicted molar refractivity (Wildman–Crippen MR) is 76.2 cm³/mol. The molecule has 1 heterocycles. The summed E-state index contributed by atoms with van der Waals surface area (Å²) >= 11 is 3.34. The number of alkyl carbamates (subject to hydrolysis) is 1. The summed E-state index contributed by atoms with van der Waals surface area (Å²) in [6.45, 7) is 8.16. The Bertz CT molecular complexity index is 444. The lowest BCUT2D eigenvalue weighted by molar-refractivity contribution is 0.0523. The summed E-state index contributed by atoms with van der Waals surface area (Å²) < 4.78 is 11.4. The number of aromatic nitrogens is 1. The van der Waals surface area contributed by atoms with Gasteiger partial charge in [0, 0.05) is 16.2 Å². The van der Waals surface area contributed by atoms with E-state index < -0.39 is 11.7 Å². The standard InChI is InChI=1S/C13H19BrN2O3/c1-5-18-11-9(6-10(14)8-15-11)7-16-12(17)19-13(2,3)4/h6,8H,5,7H2,1-4H3,(H,16,17). The van der Waals surface area contributed by atoms with Crippen molar-refractivity contribution in [3.63, 3.8) is 0 Å². The van der Waals surface area contributed by atoms with Gasteiger partial charge in [0.1, 0.15) is 5.60 Å². The highest BCUT2D eigenvalue weighted by Crippen LogP contribution is 2.20. The molecule has 1 rings (SSSR count). The minimum absolute atomic E-state index is 0.302. The molecule has 1 aromatic rings. The molecule has 0 fully saturated rings. The lowest BCUT2D eigenvalue weighted by atomic mass is 10.2. The fourth-order valence-corrected chi connectivity index (χ4v) is 1.72. The van der Waals surface area contributed by atoms with Crippen LogP contribution in [0.3, 0.4) is 0 Å². The summed E-state index contributed by atoms with van der Waals surface area (Å²) in [4.78, 5) is 15.7. The van der Waals surface area contributed by atoms with Gasteiger partial charge in [0.15, 0.2) is 0 Å². The highest BCUT2D eigenvalue weighted by molar-refractivity contribution is 9.10. The molecule has 0 aromatic carbocycles. The van der Waals surface area contributed by atoms with Gasteiger partial charge >= 0.3 is 6.09 Å². The number of ether oxygens (including phenoxy) is 2. The molecule has 1 aromatic heterocycles. The molecule has 19 heavy (non-hydrogen) atoms. The number of halogens is 1. The van der Waals surface area contributed by atoms with Crippen LogP contribution in [0.4, 0.5) is 4.79 Å². The number of nitrogens with one attached hydrogen (secondary N) is 1. The maximum absolute atomic E-state index is 11.6. The summed E-state index contributed by atoms with van der Waals surface area (Å²) in [5, 5.41) is 2.68. The van der Waals surface area contributed by atoms with E-state index in [0.29, 0.717) is 19.0 Å². The molecular formula is C13H19BrN2O3. The van der Waals surface area contributed by atoms with E-state index in [4.69, 9.17) is 9.47 Å². The van der Waals surface area contributed by atoms with Crippen molar-refractivity contribution in [3.8, 4) is 5.88 Å². The number of carbonyl (C=O) groups excluding carboxylic acids is 1. The molecule has 6 heteroatoms. The quantitative estimate of drug-likeness (QED) is 0.920. The van der Waals surface area contributed by atoms with Crippen molar-refractivity contribution in [3.05, 3.63) is 22.3 Å². The van der Waals surface area contributed by atoms with E-state index in [2.05, 4.69) is 26.2 Å². The average molecular weight is 331 g/mol. The first-order chi connectivity index (χ1) is 8.81. The Labute approximate surface area is 121 Å². The Hall–Kier alpha value is -1.30. The van der Waals surface area contributed by atoms with Gasteiger partial charge in [-0.15, -0.1) is 0 Å². The highest BCUT2D eigenvalue weighted by Gasteiger charge is 2.16. The van der Waals surface area contributed by atoms with Crippen molar-refractivity contribution in [2.24, 2.45) is 0 Å². The van der Waals surface area contributed by atoms with Crippen LogP contribution in [0.2, 0.25) is 0 Å². The first kappa shape index (κ1) is 15.8. The van der Waals surface area contributed by atoms with Crippen LogP contribution in [0.5, 0.6) is 5.88 Å².